The molecule has 0 fully saturated rings. The predicted molar refractivity (Wildman–Crippen MR) is 63.3 cm³/mol. The SMILES string of the molecule is Nc1nc(Nc2ccc(Cl)cc2)c(F)cc1F. The van der Waals surface area contributed by atoms with Crippen molar-refractivity contribution in [2.45, 2.75) is 0 Å². The summed E-state index contributed by atoms with van der Waals surface area (Å²) in [6, 6.07) is 7.23. The molecule has 3 N–H and O–H groups in total. The Labute approximate surface area is 101 Å². The largest absolute Gasteiger partial charge is 0.381 e. The van der Waals surface area contributed by atoms with Crippen LogP contribution in [0.3, 0.4) is 0 Å². The van der Waals surface area contributed by atoms with E-state index < -0.39 is 11.6 Å². The van der Waals surface area contributed by atoms with Crippen molar-refractivity contribution >= 4 is 28.9 Å². The molecule has 0 bridgehead atoms. The first-order valence-electron chi connectivity index (χ1n) is 4.70. The van der Waals surface area contributed by atoms with E-state index in [1.54, 1.807) is 24.3 Å². The van der Waals surface area contributed by atoms with Crippen molar-refractivity contribution in [3.8, 4) is 0 Å². The summed E-state index contributed by atoms with van der Waals surface area (Å²) < 4.78 is 26.2. The van der Waals surface area contributed by atoms with Crippen LogP contribution in [0.5, 0.6) is 0 Å². The van der Waals surface area contributed by atoms with Gasteiger partial charge in [0, 0.05) is 16.8 Å². The van der Waals surface area contributed by atoms with Gasteiger partial charge in [-0.05, 0) is 24.3 Å². The highest BCUT2D eigenvalue weighted by atomic mass is 35.5. The highest BCUT2D eigenvalue weighted by Gasteiger charge is 2.09. The number of nitrogens with two attached hydrogens (primary N) is 1. The Morgan fingerprint density at radius 3 is 2.41 bits per heavy atom. The molecule has 1 aromatic carbocycles. The molecule has 0 spiro atoms. The van der Waals surface area contributed by atoms with Crippen molar-refractivity contribution in [1.29, 1.82) is 0 Å². The van der Waals surface area contributed by atoms with Crippen LogP contribution >= 0.6 is 11.6 Å². The van der Waals surface area contributed by atoms with Crippen LogP contribution < -0.4 is 11.1 Å². The molecule has 2 rings (SSSR count). The fraction of sp³-hybridized carbons (Fsp3) is 0. The number of aromatic nitrogens is 1. The van der Waals surface area contributed by atoms with Crippen molar-refractivity contribution in [3.63, 3.8) is 0 Å². The zero-order valence-corrected chi connectivity index (χ0v) is 9.30. The van der Waals surface area contributed by atoms with Crippen LogP contribution in [0.4, 0.5) is 26.1 Å². The minimum Gasteiger partial charge on any atom is -0.381 e. The number of nitrogens with zero attached hydrogens (tertiary/aromatic N) is 1. The summed E-state index contributed by atoms with van der Waals surface area (Å²) in [6.07, 6.45) is 0. The number of hydrogen-bond donors (Lipinski definition) is 2. The smallest absolute Gasteiger partial charge is 0.169 e. The van der Waals surface area contributed by atoms with Crippen LogP contribution in [0.25, 0.3) is 0 Å². The molecular weight excluding hydrogens is 248 g/mol. The number of anilines is 3. The van der Waals surface area contributed by atoms with Crippen molar-refractivity contribution < 1.29 is 8.78 Å². The average Bonchev–Trinajstić information content (AvgIpc) is 2.29. The Hall–Kier alpha value is -1.88. The van der Waals surface area contributed by atoms with Gasteiger partial charge in [0.2, 0.25) is 0 Å². The van der Waals surface area contributed by atoms with Gasteiger partial charge in [-0.3, -0.25) is 0 Å². The van der Waals surface area contributed by atoms with Gasteiger partial charge in [-0.1, -0.05) is 11.6 Å². The molecule has 0 aliphatic rings. The lowest BCUT2D eigenvalue weighted by Crippen LogP contribution is -2.02. The van der Waals surface area contributed by atoms with Crippen molar-refractivity contribution in [1.82, 2.24) is 4.98 Å². The summed E-state index contributed by atoms with van der Waals surface area (Å²) in [7, 11) is 0. The van der Waals surface area contributed by atoms with E-state index in [2.05, 4.69) is 10.3 Å². The molecule has 0 aliphatic carbocycles. The van der Waals surface area contributed by atoms with Gasteiger partial charge in [-0.15, -0.1) is 0 Å². The number of nitrogens with one attached hydrogen (secondary N) is 1. The lowest BCUT2D eigenvalue weighted by atomic mass is 10.3. The van der Waals surface area contributed by atoms with E-state index in [1.807, 2.05) is 0 Å². The second kappa shape index (κ2) is 4.55. The molecule has 3 nitrogen and oxygen atoms in total. The van der Waals surface area contributed by atoms with Gasteiger partial charge in [0.15, 0.2) is 23.3 Å². The lowest BCUT2D eigenvalue weighted by molar-refractivity contribution is 0.581. The number of pyridine rings is 1. The van der Waals surface area contributed by atoms with Crippen LogP contribution in [-0.4, -0.2) is 4.98 Å². The van der Waals surface area contributed by atoms with Gasteiger partial charge in [-0.2, -0.15) is 0 Å². The number of nitrogen functional groups attached to an aromatic ring is 1. The second-order valence-electron chi connectivity index (χ2n) is 3.32. The summed E-state index contributed by atoms with van der Waals surface area (Å²) in [5.74, 6) is -2.19. The van der Waals surface area contributed by atoms with Crippen LogP contribution in [0.1, 0.15) is 0 Å². The molecule has 0 aliphatic heterocycles. The molecule has 1 heterocycles. The van der Waals surface area contributed by atoms with Gasteiger partial charge in [0.1, 0.15) is 0 Å². The van der Waals surface area contributed by atoms with Gasteiger partial charge < -0.3 is 11.1 Å². The summed E-state index contributed by atoms with van der Waals surface area (Å²) in [5, 5.41) is 3.23. The Balaban J connectivity index is 2.30. The molecule has 17 heavy (non-hydrogen) atoms. The monoisotopic (exact) mass is 255 g/mol. The maximum Gasteiger partial charge on any atom is 0.169 e. The molecule has 0 radical (unpaired) electrons. The first-order valence-corrected chi connectivity index (χ1v) is 5.08. The minimum absolute atomic E-state index is 0.133. The van der Waals surface area contributed by atoms with E-state index >= 15 is 0 Å². The molecule has 6 heteroatoms. The van der Waals surface area contributed by atoms with Crippen molar-refractivity contribution in [3.05, 3.63) is 47.0 Å². The molecular formula is C11H8ClF2N3. The fourth-order valence-corrected chi connectivity index (χ4v) is 1.36. The van der Waals surface area contributed by atoms with Crippen molar-refractivity contribution in [2.75, 3.05) is 11.1 Å². The first kappa shape index (κ1) is 11.6. The Bertz CT molecular complexity index is 543. The highest BCUT2D eigenvalue weighted by Crippen LogP contribution is 2.22. The maximum absolute atomic E-state index is 13.3. The van der Waals surface area contributed by atoms with Gasteiger partial charge in [0.05, 0.1) is 0 Å². The minimum atomic E-state index is -0.885. The van der Waals surface area contributed by atoms with E-state index in [1.165, 1.54) is 0 Å². The molecule has 0 atom stereocenters. The van der Waals surface area contributed by atoms with Crippen LogP contribution in [-0.2, 0) is 0 Å². The van der Waals surface area contributed by atoms with Crippen LogP contribution in [0.2, 0.25) is 5.02 Å². The summed E-state index contributed by atoms with van der Waals surface area (Å²) in [4.78, 5) is 3.57. The first-order chi connectivity index (χ1) is 8.06. The molecule has 0 saturated heterocycles. The Morgan fingerprint density at radius 2 is 1.76 bits per heavy atom. The zero-order valence-electron chi connectivity index (χ0n) is 8.55. The third-order valence-corrected chi connectivity index (χ3v) is 2.32. The lowest BCUT2D eigenvalue weighted by Gasteiger charge is -2.07. The number of hydrogen-bond acceptors (Lipinski definition) is 3. The maximum atomic E-state index is 13.3. The standard InChI is InChI=1S/C11H8ClF2N3/c12-6-1-3-7(4-2-6)16-11-9(14)5-8(13)10(15)17-11/h1-5H,(H3,15,16,17). The topological polar surface area (TPSA) is 50.9 Å². The van der Waals surface area contributed by atoms with E-state index in [0.717, 1.165) is 0 Å². The normalized spacial score (nSPS) is 10.3. The predicted octanol–water partition coefficient (Wildman–Crippen LogP) is 3.34. The van der Waals surface area contributed by atoms with Crippen LogP contribution in [0, 0.1) is 11.6 Å². The zero-order chi connectivity index (χ0) is 12.4. The van der Waals surface area contributed by atoms with E-state index in [4.69, 9.17) is 17.3 Å². The molecule has 0 unspecified atom stereocenters. The molecule has 0 amide bonds. The van der Waals surface area contributed by atoms with E-state index in [9.17, 15) is 8.78 Å². The second-order valence-corrected chi connectivity index (χ2v) is 3.75. The molecule has 88 valence electrons. The number of rotatable bonds is 2. The third kappa shape index (κ3) is 2.62. The molecule has 0 saturated carbocycles. The fourth-order valence-electron chi connectivity index (χ4n) is 1.24. The summed E-state index contributed by atoms with van der Waals surface area (Å²) >= 11 is 5.70. The molecule has 1 aromatic heterocycles. The quantitative estimate of drug-likeness (QED) is 0.865. The van der Waals surface area contributed by atoms with Gasteiger partial charge in [0.25, 0.3) is 0 Å². The highest BCUT2D eigenvalue weighted by molar-refractivity contribution is 6.30. The summed E-state index contributed by atoms with van der Waals surface area (Å²) in [5.41, 5.74) is 5.83. The number of benzene rings is 1. The van der Waals surface area contributed by atoms with Gasteiger partial charge in [-0.25, -0.2) is 13.8 Å². The Morgan fingerprint density at radius 1 is 1.12 bits per heavy atom. The van der Waals surface area contributed by atoms with E-state index in [-0.39, 0.29) is 11.6 Å². The third-order valence-electron chi connectivity index (χ3n) is 2.06. The molecule has 2 aromatic rings. The average molecular weight is 256 g/mol. The van der Waals surface area contributed by atoms with Crippen molar-refractivity contribution in [2.24, 2.45) is 0 Å². The van der Waals surface area contributed by atoms with Gasteiger partial charge >= 0.3 is 0 Å². The summed E-state index contributed by atoms with van der Waals surface area (Å²) in [6.45, 7) is 0. The van der Waals surface area contributed by atoms with E-state index in [0.29, 0.717) is 16.8 Å². The van der Waals surface area contributed by atoms with Crippen LogP contribution in [0.15, 0.2) is 30.3 Å². The Kier molecular flexibility index (Phi) is 3.10. The number of halogens is 3.